The molecule has 9 aromatic carbocycles. The average molecular weight is 895 g/mol. The molecule has 1 aromatic heterocycles. The summed E-state index contributed by atoms with van der Waals surface area (Å²) in [5, 5.41) is 8.29. The van der Waals surface area contributed by atoms with E-state index in [9.17, 15) is 0 Å². The van der Waals surface area contributed by atoms with Crippen LogP contribution in [0.2, 0.25) is 0 Å². The van der Waals surface area contributed by atoms with Crippen LogP contribution >= 0.6 is 11.8 Å². The molecule has 0 N–H and O–H groups in total. The second kappa shape index (κ2) is 14.6. The summed E-state index contributed by atoms with van der Waals surface area (Å²) in [6, 6.07) is 77.2. The zero-order chi connectivity index (χ0) is 45.4. The highest BCUT2D eigenvalue weighted by molar-refractivity contribution is 8.00. The Balaban J connectivity index is 1.18. The van der Waals surface area contributed by atoms with Crippen LogP contribution < -0.4 is 42.0 Å². The van der Waals surface area contributed by atoms with E-state index in [1.807, 2.05) is 11.8 Å². The minimum atomic E-state index is -2.83. The van der Waals surface area contributed by atoms with Gasteiger partial charge in [0.1, 0.15) is 0 Å². The Labute approximate surface area is 400 Å². The van der Waals surface area contributed by atoms with Crippen LogP contribution in [0.5, 0.6) is 0 Å². The second-order valence-electron chi connectivity index (χ2n) is 20.9. The predicted molar refractivity (Wildman–Crippen MR) is 291 cm³/mol. The first-order valence-electron chi connectivity index (χ1n) is 23.8. The third-order valence-corrected chi connectivity index (χ3v) is 21.0. The van der Waals surface area contributed by atoms with Gasteiger partial charge in [-0.15, -0.1) is 0 Å². The van der Waals surface area contributed by atoms with E-state index < -0.39 is 8.07 Å². The molecule has 13 rings (SSSR count). The van der Waals surface area contributed by atoms with E-state index >= 15 is 0 Å². The molecule has 0 amide bonds. The molecule has 0 aliphatic carbocycles. The average Bonchev–Trinajstić information content (AvgIpc) is 3.83. The number of anilines is 3. The second-order valence-corrected chi connectivity index (χ2v) is 25.7. The van der Waals surface area contributed by atoms with Crippen molar-refractivity contribution in [3.8, 4) is 16.8 Å². The zero-order valence-electron chi connectivity index (χ0n) is 38.9. The normalized spacial score (nSPS) is 14.4. The topological polar surface area (TPSA) is 8.17 Å². The number of hydrogen-bond acceptors (Lipinski definition) is 2. The van der Waals surface area contributed by atoms with E-state index in [1.165, 1.54) is 114 Å². The summed E-state index contributed by atoms with van der Waals surface area (Å²) < 4.78 is 2.51. The van der Waals surface area contributed by atoms with Crippen LogP contribution in [0.1, 0.15) is 52.7 Å². The first-order chi connectivity index (χ1) is 32.5. The van der Waals surface area contributed by atoms with Crippen LogP contribution in [0.25, 0.3) is 38.6 Å². The van der Waals surface area contributed by atoms with Gasteiger partial charge in [-0.25, -0.2) is 0 Å². The van der Waals surface area contributed by atoms with Gasteiger partial charge < -0.3 is 9.47 Å². The fraction of sp³-hybridized carbons (Fsp3) is 0.129. The van der Waals surface area contributed by atoms with Crippen LogP contribution in [0.3, 0.4) is 0 Å². The van der Waals surface area contributed by atoms with Crippen molar-refractivity contribution in [2.75, 3.05) is 4.90 Å². The monoisotopic (exact) mass is 894 g/mol. The van der Waals surface area contributed by atoms with Crippen molar-refractivity contribution >= 4 is 103 Å². The first kappa shape index (κ1) is 40.5. The molecule has 0 spiro atoms. The van der Waals surface area contributed by atoms with Crippen molar-refractivity contribution in [3.63, 3.8) is 0 Å². The van der Waals surface area contributed by atoms with Crippen molar-refractivity contribution in [1.82, 2.24) is 4.57 Å². The summed E-state index contributed by atoms with van der Waals surface area (Å²) in [6.45, 7) is 14.0. The largest absolute Gasteiger partial charge is 0.311 e. The van der Waals surface area contributed by atoms with Crippen molar-refractivity contribution in [1.29, 1.82) is 0 Å². The molecule has 0 atom stereocenters. The number of hydrogen-bond donors (Lipinski definition) is 0. The van der Waals surface area contributed by atoms with Gasteiger partial charge in [0.15, 0.2) is 8.07 Å². The van der Waals surface area contributed by atoms with E-state index in [1.54, 1.807) is 0 Å². The Bertz CT molecular complexity index is 3540. The predicted octanol–water partition coefficient (Wildman–Crippen LogP) is 11.5. The third kappa shape index (κ3) is 5.90. The van der Waals surface area contributed by atoms with Gasteiger partial charge in [0, 0.05) is 43.3 Å². The van der Waals surface area contributed by atoms with Gasteiger partial charge in [-0.05, 0) is 113 Å². The zero-order valence-corrected chi connectivity index (χ0v) is 40.7. The molecular formula is C62H51BN2SSi. The fourth-order valence-electron chi connectivity index (χ4n) is 11.9. The fourth-order valence-corrected chi connectivity index (χ4v) is 18.2. The SMILES string of the molecule is CC(C)(C)c1ccc(N2c3cc4c(cc3B3c5cc(C(C)(C)C)ccc5Sc5cc(-n6c7ccccc7c7ccccc76)cc2c53)-c2ccccc2[Si]4(c2ccccc2)c2ccccc2)cc1. The van der Waals surface area contributed by atoms with E-state index in [-0.39, 0.29) is 17.5 Å². The van der Waals surface area contributed by atoms with Crippen molar-refractivity contribution in [2.45, 2.75) is 62.2 Å². The number of fused-ring (bicyclic) bond motifs is 10. The van der Waals surface area contributed by atoms with Crippen LogP contribution in [0.4, 0.5) is 17.1 Å². The Morgan fingerprint density at radius 3 is 1.66 bits per heavy atom. The molecule has 10 aromatic rings. The summed E-state index contributed by atoms with van der Waals surface area (Å²) in [5.74, 6) is 0. The Kier molecular flexibility index (Phi) is 8.82. The van der Waals surface area contributed by atoms with E-state index in [4.69, 9.17) is 0 Å². The highest BCUT2D eigenvalue weighted by Gasteiger charge is 2.51. The highest BCUT2D eigenvalue weighted by atomic mass is 32.2. The molecule has 0 radical (unpaired) electrons. The van der Waals surface area contributed by atoms with Gasteiger partial charge in [-0.1, -0.05) is 210 Å². The van der Waals surface area contributed by atoms with E-state index in [0.29, 0.717) is 0 Å². The highest BCUT2D eigenvalue weighted by Crippen LogP contribution is 2.46. The lowest BCUT2D eigenvalue weighted by atomic mass is 9.34. The summed E-state index contributed by atoms with van der Waals surface area (Å²) in [5.41, 5.74) is 16.9. The van der Waals surface area contributed by atoms with Gasteiger partial charge in [0.25, 0.3) is 0 Å². The number of para-hydroxylation sites is 2. The lowest BCUT2D eigenvalue weighted by molar-refractivity contribution is 0.590. The molecule has 322 valence electrons. The number of nitrogens with zero attached hydrogens (tertiary/aromatic N) is 2. The summed E-state index contributed by atoms with van der Waals surface area (Å²) >= 11 is 1.94. The van der Waals surface area contributed by atoms with E-state index in [2.05, 4.69) is 251 Å². The Hall–Kier alpha value is -6.79. The van der Waals surface area contributed by atoms with Crippen molar-refractivity contribution < 1.29 is 0 Å². The van der Waals surface area contributed by atoms with Crippen LogP contribution in [0.15, 0.2) is 210 Å². The molecule has 0 fully saturated rings. The number of benzene rings is 9. The molecule has 0 unspecified atom stereocenters. The number of aromatic nitrogens is 1. The minimum absolute atomic E-state index is 0.00499. The smallest absolute Gasteiger partial charge is 0.249 e. The van der Waals surface area contributed by atoms with Gasteiger partial charge in [-0.2, -0.15) is 0 Å². The molecule has 5 heteroatoms. The minimum Gasteiger partial charge on any atom is -0.311 e. The lowest BCUT2D eigenvalue weighted by Crippen LogP contribution is -2.73. The van der Waals surface area contributed by atoms with Gasteiger partial charge in [0.2, 0.25) is 6.71 Å². The first-order valence-corrected chi connectivity index (χ1v) is 26.6. The van der Waals surface area contributed by atoms with Crippen LogP contribution in [0, 0.1) is 0 Å². The van der Waals surface area contributed by atoms with Crippen LogP contribution in [-0.2, 0) is 10.8 Å². The summed E-state index contributed by atoms with van der Waals surface area (Å²) in [4.78, 5) is 5.30. The Morgan fingerprint density at radius 2 is 1.01 bits per heavy atom. The van der Waals surface area contributed by atoms with Crippen molar-refractivity contribution in [2.24, 2.45) is 0 Å². The maximum Gasteiger partial charge on any atom is 0.249 e. The molecule has 3 aliphatic heterocycles. The summed E-state index contributed by atoms with van der Waals surface area (Å²) in [6.07, 6.45) is 0. The van der Waals surface area contributed by atoms with Gasteiger partial charge in [0.05, 0.1) is 11.0 Å². The quantitative estimate of drug-likeness (QED) is 0.163. The Morgan fingerprint density at radius 1 is 0.433 bits per heavy atom. The van der Waals surface area contributed by atoms with Crippen molar-refractivity contribution in [3.05, 3.63) is 211 Å². The molecule has 0 bridgehead atoms. The molecule has 0 saturated carbocycles. The van der Waals surface area contributed by atoms with Crippen LogP contribution in [-0.4, -0.2) is 19.4 Å². The molecule has 67 heavy (non-hydrogen) atoms. The molecule has 3 aliphatic rings. The van der Waals surface area contributed by atoms with E-state index in [0.717, 1.165) is 0 Å². The molecule has 0 saturated heterocycles. The molecular weight excluding hydrogens is 844 g/mol. The van der Waals surface area contributed by atoms with Gasteiger partial charge >= 0.3 is 0 Å². The third-order valence-electron chi connectivity index (χ3n) is 15.0. The lowest BCUT2D eigenvalue weighted by Gasteiger charge is -2.42. The maximum atomic E-state index is 2.67. The molecule has 4 heterocycles. The van der Waals surface area contributed by atoms with Gasteiger partial charge in [-0.3, -0.25) is 0 Å². The summed E-state index contributed by atoms with van der Waals surface area (Å²) in [7, 11) is -2.83. The number of rotatable bonds is 4. The standard InChI is InChI=1S/C62H51BN2SSi/c1-61(2,3)40-29-32-42(33-30-40)64-54-39-59-49(48-25-15-18-28-58(48)67(59,44-19-9-7-10-20-44)45-21-11-8-12-22-45)38-50(54)63-51-35-41(62(4,5)6)31-34-56(51)66-57-37-43(36-55(64)60(57)63)65-52-26-16-13-23-46(52)47-24-14-17-27-53(47)65/h7-39H,1-6H3. The maximum absolute atomic E-state index is 2.83. The molecule has 2 nitrogen and oxygen atoms in total.